The topological polar surface area (TPSA) is 100 Å². The highest BCUT2D eigenvalue weighted by Gasteiger charge is 2.27. The van der Waals surface area contributed by atoms with E-state index < -0.39 is 10.6 Å². The summed E-state index contributed by atoms with van der Waals surface area (Å²) in [5.74, 6) is 0.334. The summed E-state index contributed by atoms with van der Waals surface area (Å²) in [7, 11) is 0. The molecule has 132 valence electrons. The molecule has 0 fully saturated rings. The lowest BCUT2D eigenvalue weighted by atomic mass is 10.1. The van der Waals surface area contributed by atoms with Crippen molar-refractivity contribution < 1.29 is 14.4 Å². The lowest BCUT2D eigenvalue weighted by Crippen LogP contribution is -2.01. The van der Waals surface area contributed by atoms with Crippen LogP contribution in [0, 0.1) is 10.1 Å². The van der Waals surface area contributed by atoms with E-state index in [1.54, 1.807) is 30.5 Å². The minimum Gasteiger partial charge on any atom is -0.433 e. The Kier molecular flexibility index (Phi) is 4.28. The van der Waals surface area contributed by atoms with Gasteiger partial charge in [0.25, 0.3) is 0 Å². The summed E-state index contributed by atoms with van der Waals surface area (Å²) >= 11 is 0. The molecule has 0 amide bonds. The van der Waals surface area contributed by atoms with Gasteiger partial charge in [-0.25, -0.2) is 0 Å². The predicted molar refractivity (Wildman–Crippen MR) is 97.0 cm³/mol. The van der Waals surface area contributed by atoms with Gasteiger partial charge in [-0.2, -0.15) is 9.97 Å². The van der Waals surface area contributed by atoms with Crippen LogP contribution < -0.4 is 9.47 Å². The number of nitrogens with zero attached hydrogens (tertiary/aromatic N) is 4. The third-order valence-corrected chi connectivity index (χ3v) is 3.74. The van der Waals surface area contributed by atoms with Crippen molar-refractivity contribution in [1.29, 1.82) is 0 Å². The van der Waals surface area contributed by atoms with Crippen molar-refractivity contribution in [1.82, 2.24) is 15.0 Å². The summed E-state index contributed by atoms with van der Waals surface area (Å²) in [6.07, 6.45) is 4.15. The standard InChI is InChI=1S/C19H12N4O4/c24-23(25)17-18(26-14-7-4-10-20-11-14)21-12-22-19(17)27-16-9-3-6-13-5-1-2-8-15(13)16/h1-12H. The number of hydrogen-bond acceptors (Lipinski definition) is 7. The number of aromatic nitrogens is 3. The molecule has 0 atom stereocenters. The number of pyridine rings is 1. The van der Waals surface area contributed by atoms with Crippen molar-refractivity contribution >= 4 is 16.5 Å². The van der Waals surface area contributed by atoms with E-state index in [9.17, 15) is 10.1 Å². The molecule has 2 heterocycles. The fraction of sp³-hybridized carbons (Fsp3) is 0. The maximum absolute atomic E-state index is 11.6. The SMILES string of the molecule is O=[N+]([O-])c1c(Oc2cccnc2)ncnc1Oc1cccc2ccccc12. The lowest BCUT2D eigenvalue weighted by molar-refractivity contribution is -0.387. The van der Waals surface area contributed by atoms with Gasteiger partial charge in [-0.3, -0.25) is 15.1 Å². The van der Waals surface area contributed by atoms with Crippen molar-refractivity contribution in [3.8, 4) is 23.3 Å². The molecule has 0 N–H and O–H groups in total. The van der Waals surface area contributed by atoms with Crippen LogP contribution in [0.3, 0.4) is 0 Å². The molecule has 4 aromatic rings. The highest BCUT2D eigenvalue weighted by atomic mass is 16.6. The number of benzene rings is 2. The molecular formula is C19H12N4O4. The first-order chi connectivity index (χ1) is 13.2. The summed E-state index contributed by atoms with van der Waals surface area (Å²) in [6, 6.07) is 16.3. The van der Waals surface area contributed by atoms with Crippen LogP contribution in [0.5, 0.6) is 23.3 Å². The van der Waals surface area contributed by atoms with Crippen LogP contribution in [0.15, 0.2) is 73.3 Å². The van der Waals surface area contributed by atoms with Gasteiger partial charge in [0.1, 0.15) is 17.8 Å². The highest BCUT2D eigenvalue weighted by molar-refractivity contribution is 5.88. The Balaban J connectivity index is 1.76. The molecule has 2 aromatic carbocycles. The first-order valence-corrected chi connectivity index (χ1v) is 7.95. The van der Waals surface area contributed by atoms with Crippen LogP contribution in [0.25, 0.3) is 10.8 Å². The maximum Gasteiger partial charge on any atom is 0.393 e. The summed E-state index contributed by atoms with van der Waals surface area (Å²) in [4.78, 5) is 22.7. The Labute approximate surface area is 153 Å². The molecule has 0 aliphatic carbocycles. The third-order valence-electron chi connectivity index (χ3n) is 3.74. The molecule has 0 saturated carbocycles. The summed E-state index contributed by atoms with van der Waals surface area (Å²) in [5, 5.41) is 13.4. The molecule has 27 heavy (non-hydrogen) atoms. The van der Waals surface area contributed by atoms with Gasteiger partial charge in [0.05, 0.1) is 11.1 Å². The quantitative estimate of drug-likeness (QED) is 0.381. The molecule has 0 bridgehead atoms. The molecule has 0 aliphatic heterocycles. The van der Waals surface area contributed by atoms with Gasteiger partial charge < -0.3 is 9.47 Å². The van der Waals surface area contributed by atoms with Gasteiger partial charge in [-0.15, -0.1) is 0 Å². The van der Waals surface area contributed by atoms with Crippen LogP contribution in [0.4, 0.5) is 5.69 Å². The Morgan fingerprint density at radius 3 is 2.44 bits per heavy atom. The number of nitro groups is 1. The van der Waals surface area contributed by atoms with Crippen LogP contribution in [-0.2, 0) is 0 Å². The zero-order valence-corrected chi connectivity index (χ0v) is 13.9. The fourth-order valence-electron chi connectivity index (χ4n) is 2.56. The molecule has 8 heteroatoms. The monoisotopic (exact) mass is 360 g/mol. The van der Waals surface area contributed by atoms with Gasteiger partial charge in [-0.05, 0) is 23.6 Å². The molecule has 0 saturated heterocycles. The lowest BCUT2D eigenvalue weighted by Gasteiger charge is -2.10. The average molecular weight is 360 g/mol. The first kappa shape index (κ1) is 16.4. The van der Waals surface area contributed by atoms with E-state index in [4.69, 9.17) is 9.47 Å². The van der Waals surface area contributed by atoms with E-state index in [0.717, 1.165) is 17.1 Å². The normalized spacial score (nSPS) is 10.5. The molecule has 8 nitrogen and oxygen atoms in total. The Bertz CT molecular complexity index is 1110. The molecule has 2 aromatic heterocycles. The van der Waals surface area contributed by atoms with Gasteiger partial charge >= 0.3 is 17.4 Å². The smallest absolute Gasteiger partial charge is 0.393 e. The molecular weight excluding hydrogens is 348 g/mol. The Hall–Kier alpha value is -4.07. The van der Waals surface area contributed by atoms with Crippen molar-refractivity contribution in [2.24, 2.45) is 0 Å². The second kappa shape index (κ2) is 7.04. The summed E-state index contributed by atoms with van der Waals surface area (Å²) in [6.45, 7) is 0. The maximum atomic E-state index is 11.6. The van der Waals surface area contributed by atoms with E-state index in [1.165, 1.54) is 6.20 Å². The number of fused-ring (bicyclic) bond motifs is 1. The summed E-state index contributed by atoms with van der Waals surface area (Å²) < 4.78 is 11.3. The van der Waals surface area contributed by atoms with Gasteiger partial charge in [-0.1, -0.05) is 36.4 Å². The van der Waals surface area contributed by atoms with Crippen molar-refractivity contribution in [3.05, 3.63) is 83.4 Å². The minimum absolute atomic E-state index is 0.203. The van der Waals surface area contributed by atoms with Gasteiger partial charge in [0, 0.05) is 11.6 Å². The van der Waals surface area contributed by atoms with Gasteiger partial charge in [0.15, 0.2) is 0 Å². The van der Waals surface area contributed by atoms with E-state index in [-0.39, 0.29) is 11.8 Å². The van der Waals surface area contributed by atoms with Crippen LogP contribution in [0.2, 0.25) is 0 Å². The van der Waals surface area contributed by atoms with Crippen molar-refractivity contribution in [2.45, 2.75) is 0 Å². The van der Waals surface area contributed by atoms with Crippen LogP contribution in [0.1, 0.15) is 0 Å². The zero-order chi connectivity index (χ0) is 18.6. The van der Waals surface area contributed by atoms with E-state index >= 15 is 0 Å². The minimum atomic E-state index is -0.633. The van der Waals surface area contributed by atoms with Crippen LogP contribution >= 0.6 is 0 Å². The number of hydrogen-bond donors (Lipinski definition) is 0. The second-order valence-electron chi connectivity index (χ2n) is 5.46. The molecule has 4 rings (SSSR count). The molecule has 0 unspecified atom stereocenters. The van der Waals surface area contributed by atoms with E-state index in [0.29, 0.717) is 11.5 Å². The molecule has 0 aliphatic rings. The fourth-order valence-corrected chi connectivity index (χ4v) is 2.56. The number of rotatable bonds is 5. The zero-order valence-electron chi connectivity index (χ0n) is 13.9. The Morgan fingerprint density at radius 1 is 0.889 bits per heavy atom. The van der Waals surface area contributed by atoms with Crippen molar-refractivity contribution in [3.63, 3.8) is 0 Å². The summed E-state index contributed by atoms with van der Waals surface area (Å²) in [5.41, 5.74) is -0.464. The Morgan fingerprint density at radius 2 is 1.67 bits per heavy atom. The molecule has 0 spiro atoms. The third kappa shape index (κ3) is 3.36. The van der Waals surface area contributed by atoms with E-state index in [1.807, 2.05) is 30.3 Å². The van der Waals surface area contributed by atoms with Crippen molar-refractivity contribution in [2.75, 3.05) is 0 Å². The highest BCUT2D eigenvalue weighted by Crippen LogP contribution is 2.39. The molecule has 0 radical (unpaired) electrons. The average Bonchev–Trinajstić information content (AvgIpc) is 2.69. The van der Waals surface area contributed by atoms with E-state index in [2.05, 4.69) is 15.0 Å². The first-order valence-electron chi connectivity index (χ1n) is 7.95. The largest absolute Gasteiger partial charge is 0.433 e. The second-order valence-corrected chi connectivity index (χ2v) is 5.46. The number of ether oxygens (including phenoxy) is 2. The van der Waals surface area contributed by atoms with Crippen LogP contribution in [-0.4, -0.2) is 19.9 Å². The van der Waals surface area contributed by atoms with Gasteiger partial charge in [0.2, 0.25) is 0 Å². The predicted octanol–water partition coefficient (Wildman–Crippen LogP) is 4.52.